The van der Waals surface area contributed by atoms with E-state index in [0.717, 1.165) is 22.4 Å². The van der Waals surface area contributed by atoms with Gasteiger partial charge in [0.05, 0.1) is 19.6 Å². The molecule has 0 bridgehead atoms. The van der Waals surface area contributed by atoms with Crippen molar-refractivity contribution in [1.82, 2.24) is 5.32 Å². The minimum absolute atomic E-state index is 0.0614. The van der Waals surface area contributed by atoms with E-state index in [1.54, 1.807) is 7.11 Å². The SMILES string of the molecule is COc1cc(CC(=O)NC(C)CC(O)c2ccccc2)ccc1C. The number of amides is 1. The lowest BCUT2D eigenvalue weighted by atomic mass is 10.0. The third-order valence-corrected chi connectivity index (χ3v) is 4.01. The van der Waals surface area contributed by atoms with Gasteiger partial charge < -0.3 is 15.2 Å². The van der Waals surface area contributed by atoms with Crippen LogP contribution in [0.1, 0.15) is 36.1 Å². The van der Waals surface area contributed by atoms with E-state index in [1.807, 2.05) is 62.4 Å². The second kappa shape index (κ2) is 8.50. The Labute approximate surface area is 143 Å². The largest absolute Gasteiger partial charge is 0.496 e. The number of rotatable bonds is 7. The maximum atomic E-state index is 12.2. The molecule has 0 radical (unpaired) electrons. The highest BCUT2D eigenvalue weighted by Gasteiger charge is 2.14. The van der Waals surface area contributed by atoms with E-state index in [4.69, 9.17) is 4.74 Å². The highest BCUT2D eigenvalue weighted by Crippen LogP contribution is 2.20. The Kier molecular flexibility index (Phi) is 6.38. The molecule has 2 rings (SSSR count). The number of aliphatic hydroxyl groups excluding tert-OH is 1. The normalized spacial score (nSPS) is 13.2. The molecule has 0 fully saturated rings. The van der Waals surface area contributed by atoms with Gasteiger partial charge in [-0.25, -0.2) is 0 Å². The maximum absolute atomic E-state index is 12.2. The Balaban J connectivity index is 1.87. The molecule has 0 aliphatic heterocycles. The average Bonchev–Trinajstić information content (AvgIpc) is 2.57. The predicted molar refractivity (Wildman–Crippen MR) is 95.1 cm³/mol. The molecule has 0 saturated heterocycles. The number of benzene rings is 2. The fourth-order valence-electron chi connectivity index (χ4n) is 2.69. The van der Waals surface area contributed by atoms with Crippen molar-refractivity contribution < 1.29 is 14.6 Å². The smallest absolute Gasteiger partial charge is 0.224 e. The first-order valence-corrected chi connectivity index (χ1v) is 8.15. The number of nitrogens with one attached hydrogen (secondary N) is 1. The molecule has 4 heteroatoms. The average molecular weight is 327 g/mol. The van der Waals surface area contributed by atoms with E-state index in [-0.39, 0.29) is 11.9 Å². The highest BCUT2D eigenvalue weighted by atomic mass is 16.5. The van der Waals surface area contributed by atoms with E-state index in [1.165, 1.54) is 0 Å². The van der Waals surface area contributed by atoms with Crippen LogP contribution in [-0.2, 0) is 11.2 Å². The lowest BCUT2D eigenvalue weighted by molar-refractivity contribution is -0.121. The number of carbonyl (C=O) groups excluding carboxylic acids is 1. The van der Waals surface area contributed by atoms with Gasteiger partial charge in [-0.3, -0.25) is 4.79 Å². The van der Waals surface area contributed by atoms with E-state index < -0.39 is 6.10 Å². The van der Waals surface area contributed by atoms with Crippen LogP contribution in [0.2, 0.25) is 0 Å². The standard InChI is InChI=1S/C20H25NO3/c1-14-9-10-16(12-19(14)24-3)13-20(23)21-15(2)11-18(22)17-7-5-4-6-8-17/h4-10,12,15,18,22H,11,13H2,1-3H3,(H,21,23). The van der Waals surface area contributed by atoms with Gasteiger partial charge in [0.2, 0.25) is 5.91 Å². The number of hydrogen-bond donors (Lipinski definition) is 2. The molecule has 2 aromatic rings. The van der Waals surface area contributed by atoms with E-state index in [0.29, 0.717) is 12.8 Å². The minimum Gasteiger partial charge on any atom is -0.496 e. The predicted octanol–water partition coefficient (Wildman–Crippen LogP) is 3.17. The van der Waals surface area contributed by atoms with Crippen molar-refractivity contribution in [3.63, 3.8) is 0 Å². The molecular formula is C20H25NO3. The molecule has 1 amide bonds. The molecule has 2 unspecified atom stereocenters. The van der Waals surface area contributed by atoms with E-state index in [9.17, 15) is 9.90 Å². The molecule has 0 spiro atoms. The van der Waals surface area contributed by atoms with Gasteiger partial charge >= 0.3 is 0 Å². The van der Waals surface area contributed by atoms with Gasteiger partial charge in [-0.2, -0.15) is 0 Å². The summed E-state index contributed by atoms with van der Waals surface area (Å²) < 4.78 is 5.29. The first kappa shape index (κ1) is 18.0. The van der Waals surface area contributed by atoms with Gasteiger partial charge in [0.15, 0.2) is 0 Å². The number of methoxy groups -OCH3 is 1. The van der Waals surface area contributed by atoms with Gasteiger partial charge in [0.1, 0.15) is 5.75 Å². The van der Waals surface area contributed by atoms with E-state index in [2.05, 4.69) is 5.32 Å². The zero-order valence-electron chi connectivity index (χ0n) is 14.5. The summed E-state index contributed by atoms with van der Waals surface area (Å²) in [6.07, 6.45) is 0.191. The summed E-state index contributed by atoms with van der Waals surface area (Å²) in [6.45, 7) is 3.87. The van der Waals surface area contributed by atoms with Crippen LogP contribution < -0.4 is 10.1 Å². The van der Waals surface area contributed by atoms with Crippen molar-refractivity contribution in [3.8, 4) is 5.75 Å². The number of carbonyl (C=O) groups is 1. The number of hydrogen-bond acceptors (Lipinski definition) is 3. The number of aryl methyl sites for hydroxylation is 1. The maximum Gasteiger partial charge on any atom is 0.224 e. The van der Waals surface area contributed by atoms with E-state index >= 15 is 0 Å². The molecule has 4 nitrogen and oxygen atoms in total. The molecule has 2 atom stereocenters. The van der Waals surface area contributed by atoms with Crippen LogP contribution in [0.4, 0.5) is 0 Å². The Hall–Kier alpha value is -2.33. The molecule has 2 N–H and O–H groups in total. The molecule has 0 aromatic heterocycles. The zero-order valence-corrected chi connectivity index (χ0v) is 14.5. The molecule has 128 valence electrons. The van der Waals surface area contributed by atoms with Crippen molar-refractivity contribution >= 4 is 5.91 Å². The third kappa shape index (κ3) is 5.10. The van der Waals surface area contributed by atoms with Crippen LogP contribution in [-0.4, -0.2) is 24.2 Å². The molecule has 2 aromatic carbocycles. The molecule has 24 heavy (non-hydrogen) atoms. The zero-order chi connectivity index (χ0) is 17.5. The summed E-state index contributed by atoms with van der Waals surface area (Å²) >= 11 is 0. The van der Waals surface area contributed by atoms with Crippen molar-refractivity contribution in [2.45, 2.75) is 38.8 Å². The van der Waals surface area contributed by atoms with Gasteiger partial charge in [0.25, 0.3) is 0 Å². The summed E-state index contributed by atoms with van der Waals surface area (Å²) in [6, 6.07) is 15.1. The van der Waals surface area contributed by atoms with Crippen molar-refractivity contribution in [1.29, 1.82) is 0 Å². The fraction of sp³-hybridized carbons (Fsp3) is 0.350. The summed E-state index contributed by atoms with van der Waals surface area (Å²) in [5.74, 6) is 0.724. The van der Waals surface area contributed by atoms with Crippen molar-refractivity contribution in [2.24, 2.45) is 0 Å². The van der Waals surface area contributed by atoms with Crippen molar-refractivity contribution in [2.75, 3.05) is 7.11 Å². The van der Waals surface area contributed by atoms with Crippen LogP contribution in [0.25, 0.3) is 0 Å². The van der Waals surface area contributed by atoms with Gasteiger partial charge in [0, 0.05) is 6.04 Å². The Morgan fingerprint density at radius 2 is 1.92 bits per heavy atom. The fourth-order valence-corrected chi connectivity index (χ4v) is 2.69. The van der Waals surface area contributed by atoms with Crippen molar-refractivity contribution in [3.05, 3.63) is 65.2 Å². The molecular weight excluding hydrogens is 302 g/mol. The molecule has 0 saturated carbocycles. The van der Waals surface area contributed by atoms with Gasteiger partial charge in [-0.05, 0) is 43.0 Å². The minimum atomic E-state index is -0.582. The second-order valence-corrected chi connectivity index (χ2v) is 6.11. The monoisotopic (exact) mass is 327 g/mol. The van der Waals surface area contributed by atoms with Gasteiger partial charge in [-0.15, -0.1) is 0 Å². The Bertz CT molecular complexity index is 670. The summed E-state index contributed by atoms with van der Waals surface area (Å²) in [5, 5.41) is 13.2. The second-order valence-electron chi connectivity index (χ2n) is 6.11. The van der Waals surface area contributed by atoms with Gasteiger partial charge in [-0.1, -0.05) is 42.5 Å². The molecule has 0 aliphatic rings. The van der Waals surface area contributed by atoms with Crippen LogP contribution in [0.5, 0.6) is 5.75 Å². The number of aliphatic hydroxyl groups is 1. The summed E-state index contributed by atoms with van der Waals surface area (Å²) in [5.41, 5.74) is 2.81. The summed E-state index contributed by atoms with van der Waals surface area (Å²) in [7, 11) is 1.62. The lowest BCUT2D eigenvalue weighted by Crippen LogP contribution is -2.34. The first-order chi connectivity index (χ1) is 11.5. The Morgan fingerprint density at radius 1 is 1.21 bits per heavy atom. The Morgan fingerprint density at radius 3 is 2.58 bits per heavy atom. The third-order valence-electron chi connectivity index (χ3n) is 4.01. The molecule has 0 heterocycles. The van der Waals surface area contributed by atoms with Crippen LogP contribution in [0, 0.1) is 6.92 Å². The van der Waals surface area contributed by atoms with Crippen LogP contribution in [0.3, 0.4) is 0 Å². The number of ether oxygens (including phenoxy) is 1. The highest BCUT2D eigenvalue weighted by molar-refractivity contribution is 5.79. The first-order valence-electron chi connectivity index (χ1n) is 8.15. The quantitative estimate of drug-likeness (QED) is 0.821. The summed E-state index contributed by atoms with van der Waals surface area (Å²) in [4.78, 5) is 12.2. The molecule has 0 aliphatic carbocycles. The topological polar surface area (TPSA) is 58.6 Å². The lowest BCUT2D eigenvalue weighted by Gasteiger charge is -2.18. The van der Waals surface area contributed by atoms with Crippen LogP contribution in [0.15, 0.2) is 48.5 Å². The van der Waals surface area contributed by atoms with Crippen LogP contribution >= 0.6 is 0 Å².